The fraction of sp³-hybridized carbons (Fsp3) is 0.464. The number of carbonyl (C=O) groups excluding carboxylic acids is 1. The van der Waals surface area contributed by atoms with Crippen LogP contribution in [0.15, 0.2) is 48.7 Å². The van der Waals surface area contributed by atoms with Gasteiger partial charge >= 0.3 is 6.18 Å². The van der Waals surface area contributed by atoms with Crippen LogP contribution in [0.5, 0.6) is 0 Å². The van der Waals surface area contributed by atoms with E-state index in [1.165, 1.54) is 36.5 Å². The summed E-state index contributed by atoms with van der Waals surface area (Å²) in [6.07, 6.45) is 0.437. The highest BCUT2D eigenvalue weighted by Crippen LogP contribution is 2.44. The second-order valence-corrected chi connectivity index (χ2v) is 9.43. The zero-order chi connectivity index (χ0) is 26.1. The van der Waals surface area contributed by atoms with Gasteiger partial charge in [0, 0.05) is 30.3 Å². The molecule has 0 amide bonds. The van der Waals surface area contributed by atoms with Crippen LogP contribution in [0.1, 0.15) is 54.6 Å². The average Bonchev–Trinajstić information content (AvgIpc) is 3.31. The molecule has 4 rings (SSSR count). The van der Waals surface area contributed by atoms with Gasteiger partial charge in [0.2, 0.25) is 0 Å². The quantitative estimate of drug-likeness (QED) is 0.328. The second kappa shape index (κ2) is 10.3. The van der Waals surface area contributed by atoms with Gasteiger partial charge in [0.1, 0.15) is 5.82 Å². The number of ether oxygens (including phenoxy) is 1. The first kappa shape index (κ1) is 26.4. The van der Waals surface area contributed by atoms with Gasteiger partial charge in [-0.25, -0.2) is 4.39 Å². The van der Waals surface area contributed by atoms with Gasteiger partial charge in [-0.15, -0.1) is 0 Å². The van der Waals surface area contributed by atoms with E-state index in [4.69, 9.17) is 4.74 Å². The van der Waals surface area contributed by atoms with Gasteiger partial charge in [-0.05, 0) is 68.5 Å². The Bertz CT molecular complexity index is 1220. The fourth-order valence-corrected chi connectivity index (χ4v) is 5.63. The molecule has 194 valence electrons. The molecule has 0 saturated heterocycles. The molecule has 2 aromatic carbocycles. The van der Waals surface area contributed by atoms with E-state index in [0.29, 0.717) is 18.2 Å². The van der Waals surface area contributed by atoms with Gasteiger partial charge in [0.15, 0.2) is 0 Å². The van der Waals surface area contributed by atoms with Crippen molar-refractivity contribution in [3.05, 3.63) is 71.2 Å². The Morgan fingerprint density at radius 3 is 2.36 bits per heavy atom. The number of methoxy groups -OCH3 is 1. The molecule has 4 nitrogen and oxygen atoms in total. The van der Waals surface area contributed by atoms with Crippen LogP contribution in [-0.4, -0.2) is 47.8 Å². The number of benzene rings is 2. The lowest BCUT2D eigenvalue weighted by Crippen LogP contribution is -2.52. The maximum absolute atomic E-state index is 15.4. The maximum atomic E-state index is 15.4. The lowest BCUT2D eigenvalue weighted by Gasteiger charge is -2.35. The molecule has 1 aliphatic rings. The summed E-state index contributed by atoms with van der Waals surface area (Å²) >= 11 is 0. The molecule has 0 spiro atoms. The molecule has 0 unspecified atom stereocenters. The number of nitrogens with zero attached hydrogens (tertiary/aromatic N) is 2. The second-order valence-electron chi connectivity index (χ2n) is 9.43. The Morgan fingerprint density at radius 1 is 1.11 bits per heavy atom. The Kier molecular flexibility index (Phi) is 7.57. The van der Waals surface area contributed by atoms with E-state index in [-0.39, 0.29) is 17.1 Å². The van der Waals surface area contributed by atoms with Crippen LogP contribution < -0.4 is 0 Å². The van der Waals surface area contributed by atoms with E-state index < -0.39 is 23.5 Å². The molecule has 0 radical (unpaired) electrons. The summed E-state index contributed by atoms with van der Waals surface area (Å²) in [5, 5.41) is 0.483. The Balaban J connectivity index is 1.83. The van der Waals surface area contributed by atoms with Gasteiger partial charge < -0.3 is 9.64 Å². The normalized spacial score (nSPS) is 17.8. The molecular formula is C28H32F4N2O2. The third-order valence-corrected chi connectivity index (χ3v) is 7.26. The minimum Gasteiger partial charge on any atom is -0.356 e. The first-order valence-corrected chi connectivity index (χ1v) is 12.5. The van der Waals surface area contributed by atoms with E-state index in [9.17, 15) is 18.0 Å². The van der Waals surface area contributed by atoms with Crippen LogP contribution in [-0.2, 0) is 23.2 Å². The number of hydrogen-bond acceptors (Lipinski definition) is 3. The minimum atomic E-state index is -5.08. The highest BCUT2D eigenvalue weighted by atomic mass is 19.4. The van der Waals surface area contributed by atoms with E-state index in [1.807, 2.05) is 0 Å². The number of rotatable bonds is 8. The molecular weight excluding hydrogens is 472 g/mol. The molecule has 0 aliphatic heterocycles. The van der Waals surface area contributed by atoms with E-state index in [0.717, 1.165) is 55.2 Å². The molecule has 36 heavy (non-hydrogen) atoms. The zero-order valence-electron chi connectivity index (χ0n) is 20.9. The van der Waals surface area contributed by atoms with Gasteiger partial charge in [-0.3, -0.25) is 9.36 Å². The van der Waals surface area contributed by atoms with Crippen LogP contribution in [0, 0.1) is 5.82 Å². The number of hydrogen-bond donors (Lipinski definition) is 0. The largest absolute Gasteiger partial charge is 0.431 e. The molecule has 0 bridgehead atoms. The topological polar surface area (TPSA) is 34.5 Å². The summed E-state index contributed by atoms with van der Waals surface area (Å²) < 4.78 is 64.6. The minimum absolute atomic E-state index is 0.140. The third-order valence-electron chi connectivity index (χ3n) is 7.26. The van der Waals surface area contributed by atoms with E-state index in [1.54, 1.807) is 12.1 Å². The summed E-state index contributed by atoms with van der Waals surface area (Å²) in [5.41, 5.74) is -2.02. The Labute approximate surface area is 208 Å². The Hall–Kier alpha value is -2.71. The standard InChI is InChI=1S/C28H32F4N2O2/c1-4-14-33(15-5-2)21-12-11-19-17-24(29)25-22(23(19)18-21)13-16-34(25)26(35)27(36-3,28(30,31)32)20-9-7-6-8-10-20/h6-10,13,16-17,21H,4-5,11-12,14-15,18H2,1-3H3/t21-,27-/m0/s1. The number of halogens is 4. The summed E-state index contributed by atoms with van der Waals surface area (Å²) in [6.45, 7) is 6.18. The van der Waals surface area contributed by atoms with Crippen molar-refractivity contribution in [3.63, 3.8) is 0 Å². The lowest BCUT2D eigenvalue weighted by atomic mass is 9.85. The van der Waals surface area contributed by atoms with Crippen molar-refractivity contribution in [1.82, 2.24) is 9.47 Å². The summed E-state index contributed by atoms with van der Waals surface area (Å²) in [6, 6.07) is 9.96. The number of alkyl halides is 3. The smallest absolute Gasteiger partial charge is 0.356 e. The molecule has 0 N–H and O–H groups in total. The Morgan fingerprint density at radius 2 is 1.78 bits per heavy atom. The van der Waals surface area contributed by atoms with Gasteiger partial charge in [-0.2, -0.15) is 13.2 Å². The van der Waals surface area contributed by atoms with Crippen molar-refractivity contribution < 1.29 is 27.1 Å². The predicted molar refractivity (Wildman–Crippen MR) is 132 cm³/mol. The summed E-state index contributed by atoms with van der Waals surface area (Å²) in [5.74, 6) is -2.11. The van der Waals surface area contributed by atoms with Crippen molar-refractivity contribution in [2.45, 2.75) is 63.8 Å². The zero-order valence-corrected chi connectivity index (χ0v) is 20.9. The third kappa shape index (κ3) is 4.34. The van der Waals surface area contributed by atoms with Gasteiger partial charge in [0.25, 0.3) is 11.5 Å². The maximum Gasteiger partial charge on any atom is 0.431 e. The number of aromatic nitrogens is 1. The first-order chi connectivity index (χ1) is 17.2. The van der Waals surface area contributed by atoms with E-state index >= 15 is 4.39 Å². The molecule has 2 atom stereocenters. The molecule has 1 aliphatic carbocycles. The molecule has 8 heteroatoms. The predicted octanol–water partition coefficient (Wildman–Crippen LogP) is 6.50. The number of fused-ring (bicyclic) bond motifs is 3. The van der Waals surface area contributed by atoms with E-state index in [2.05, 4.69) is 18.7 Å². The van der Waals surface area contributed by atoms with Crippen molar-refractivity contribution in [1.29, 1.82) is 0 Å². The lowest BCUT2D eigenvalue weighted by molar-refractivity contribution is -0.253. The molecule has 0 fully saturated rings. The van der Waals surface area contributed by atoms with Crippen LogP contribution in [0.2, 0.25) is 0 Å². The van der Waals surface area contributed by atoms with Crippen LogP contribution >= 0.6 is 0 Å². The molecule has 3 aromatic rings. The van der Waals surface area contributed by atoms with Crippen molar-refractivity contribution in [2.24, 2.45) is 0 Å². The van der Waals surface area contributed by atoms with Gasteiger partial charge in [0.05, 0.1) is 5.52 Å². The van der Waals surface area contributed by atoms with Crippen molar-refractivity contribution in [3.8, 4) is 0 Å². The summed E-state index contributed by atoms with van der Waals surface area (Å²) in [4.78, 5) is 16.1. The van der Waals surface area contributed by atoms with Gasteiger partial charge in [-0.1, -0.05) is 44.2 Å². The summed E-state index contributed by atoms with van der Waals surface area (Å²) in [7, 11) is 0.850. The van der Waals surface area contributed by atoms with Crippen LogP contribution in [0.25, 0.3) is 10.9 Å². The van der Waals surface area contributed by atoms with Crippen LogP contribution in [0.3, 0.4) is 0 Å². The highest BCUT2D eigenvalue weighted by Gasteiger charge is 2.63. The van der Waals surface area contributed by atoms with Crippen molar-refractivity contribution >= 4 is 16.8 Å². The average molecular weight is 505 g/mol. The SMILES string of the molecule is CCCN(CCC)[C@H]1CCc2cc(F)c3c(ccn3C(=O)[C@@](OC)(c3ccccc3)C(F)(F)F)c2C1. The number of carbonyl (C=O) groups is 1. The highest BCUT2D eigenvalue weighted by molar-refractivity contribution is 5.99. The van der Waals surface area contributed by atoms with Crippen LogP contribution in [0.4, 0.5) is 17.6 Å². The molecule has 1 heterocycles. The number of aryl methyl sites for hydroxylation is 1. The molecule has 1 aromatic heterocycles. The molecule has 0 saturated carbocycles. The van der Waals surface area contributed by atoms with Crippen molar-refractivity contribution in [2.75, 3.05) is 20.2 Å². The fourth-order valence-electron chi connectivity index (χ4n) is 5.63. The first-order valence-electron chi connectivity index (χ1n) is 12.5. The monoisotopic (exact) mass is 504 g/mol.